The third-order valence-corrected chi connectivity index (χ3v) is 5.55. The van der Waals surface area contributed by atoms with Crippen molar-refractivity contribution in [3.8, 4) is 0 Å². The topological polar surface area (TPSA) is 38.8 Å². The molecule has 0 heterocycles. The van der Waals surface area contributed by atoms with E-state index in [1.807, 2.05) is 63.4 Å². The lowest BCUT2D eigenvalue weighted by Gasteiger charge is -2.20. The summed E-state index contributed by atoms with van der Waals surface area (Å²) < 4.78 is 23.3. The molecule has 0 bridgehead atoms. The van der Waals surface area contributed by atoms with Gasteiger partial charge in [0, 0.05) is 18.4 Å². The second-order valence-electron chi connectivity index (χ2n) is 5.17. The van der Waals surface area contributed by atoms with E-state index in [0.717, 1.165) is 16.9 Å². The zero-order valence-electron chi connectivity index (χ0n) is 13.9. The molecule has 0 unspecified atom stereocenters. The molecule has 0 aromatic heterocycles. The maximum Gasteiger partial charge on any atom is 0.335 e. The molecule has 5 heteroatoms. The lowest BCUT2D eigenvalue weighted by atomic mass is 10.2. The molecule has 23 heavy (non-hydrogen) atoms. The second-order valence-corrected chi connectivity index (χ2v) is 7.22. The molecule has 0 N–H and O–H groups in total. The SMILES string of the molecule is CCOP(=O)(Cc1ccc(N(C)c2ccccc2)cc1)OCC. The van der Waals surface area contributed by atoms with Crippen LogP contribution in [0.1, 0.15) is 19.4 Å². The molecule has 0 spiro atoms. The van der Waals surface area contributed by atoms with Crippen molar-refractivity contribution >= 4 is 19.0 Å². The van der Waals surface area contributed by atoms with E-state index in [1.165, 1.54) is 0 Å². The van der Waals surface area contributed by atoms with Crippen LogP contribution < -0.4 is 4.90 Å². The van der Waals surface area contributed by atoms with Gasteiger partial charge in [0.15, 0.2) is 0 Å². The molecule has 0 amide bonds. The lowest BCUT2D eigenvalue weighted by molar-refractivity contribution is 0.219. The van der Waals surface area contributed by atoms with Gasteiger partial charge in [-0.1, -0.05) is 30.3 Å². The summed E-state index contributed by atoms with van der Waals surface area (Å²) in [6, 6.07) is 18.1. The molecule has 2 aromatic rings. The first-order valence-electron chi connectivity index (χ1n) is 7.84. The molecule has 4 nitrogen and oxygen atoms in total. The number of anilines is 2. The highest BCUT2D eigenvalue weighted by atomic mass is 31.2. The minimum absolute atomic E-state index is 0.296. The molecular formula is C18H24NO3P. The molecule has 2 rings (SSSR count). The Bertz CT molecular complexity index is 633. The normalized spacial score (nSPS) is 11.4. The number of rotatable bonds is 8. The predicted octanol–water partition coefficient (Wildman–Crippen LogP) is 5.22. The zero-order chi connectivity index (χ0) is 16.7. The molecule has 0 atom stereocenters. The Morgan fingerprint density at radius 3 is 1.91 bits per heavy atom. The van der Waals surface area contributed by atoms with Gasteiger partial charge < -0.3 is 13.9 Å². The number of benzene rings is 2. The lowest BCUT2D eigenvalue weighted by Crippen LogP contribution is -2.09. The number of hydrogen-bond acceptors (Lipinski definition) is 4. The average Bonchev–Trinajstić information content (AvgIpc) is 2.56. The fourth-order valence-corrected chi connectivity index (χ4v) is 4.07. The van der Waals surface area contributed by atoms with Gasteiger partial charge in [-0.05, 0) is 43.7 Å². The predicted molar refractivity (Wildman–Crippen MR) is 95.5 cm³/mol. The summed E-state index contributed by atoms with van der Waals surface area (Å²) in [5.41, 5.74) is 3.14. The Morgan fingerprint density at radius 1 is 0.870 bits per heavy atom. The molecule has 0 aliphatic carbocycles. The summed E-state index contributed by atoms with van der Waals surface area (Å²) in [6.45, 7) is 4.41. The standard InChI is InChI=1S/C18H24NO3P/c1-4-21-23(20,22-5-2)15-16-11-13-18(14-12-16)19(3)17-9-7-6-8-10-17/h6-14H,4-5,15H2,1-3H3. The van der Waals surface area contributed by atoms with Gasteiger partial charge in [0.2, 0.25) is 0 Å². The van der Waals surface area contributed by atoms with Crippen molar-refractivity contribution < 1.29 is 13.6 Å². The molecule has 2 aromatic carbocycles. The van der Waals surface area contributed by atoms with Gasteiger partial charge in [0.25, 0.3) is 0 Å². The van der Waals surface area contributed by atoms with Crippen molar-refractivity contribution in [2.24, 2.45) is 0 Å². The summed E-state index contributed by atoms with van der Waals surface area (Å²) in [7, 11) is -1.03. The van der Waals surface area contributed by atoms with Crippen LogP contribution in [0.5, 0.6) is 0 Å². The monoisotopic (exact) mass is 333 g/mol. The fourth-order valence-electron chi connectivity index (χ4n) is 2.37. The minimum Gasteiger partial charge on any atom is -0.345 e. The maximum atomic E-state index is 12.6. The van der Waals surface area contributed by atoms with E-state index in [2.05, 4.69) is 17.0 Å². The molecule has 0 aliphatic rings. The first kappa shape index (κ1) is 17.7. The second kappa shape index (κ2) is 8.30. The summed E-state index contributed by atoms with van der Waals surface area (Å²) in [4.78, 5) is 2.11. The van der Waals surface area contributed by atoms with Crippen LogP contribution in [0, 0.1) is 0 Å². The van der Waals surface area contributed by atoms with Crippen LogP contribution in [0.2, 0.25) is 0 Å². The van der Waals surface area contributed by atoms with Gasteiger partial charge in [-0.25, -0.2) is 0 Å². The van der Waals surface area contributed by atoms with Crippen LogP contribution in [-0.4, -0.2) is 20.3 Å². The Labute approximate surface area is 138 Å². The van der Waals surface area contributed by atoms with Crippen molar-refractivity contribution in [3.63, 3.8) is 0 Å². The Kier molecular flexibility index (Phi) is 6.40. The van der Waals surface area contributed by atoms with E-state index in [1.54, 1.807) is 0 Å². The first-order chi connectivity index (χ1) is 11.1. The zero-order valence-corrected chi connectivity index (χ0v) is 14.8. The Balaban J connectivity index is 2.11. The quantitative estimate of drug-likeness (QED) is 0.621. The van der Waals surface area contributed by atoms with Crippen LogP contribution in [0.4, 0.5) is 11.4 Å². The summed E-state index contributed by atoms with van der Waals surface area (Å²) in [5, 5.41) is 0. The highest BCUT2D eigenvalue weighted by molar-refractivity contribution is 7.53. The third kappa shape index (κ3) is 4.93. The summed E-state index contributed by atoms with van der Waals surface area (Å²) in [5.74, 6) is 0. The van der Waals surface area contributed by atoms with E-state index in [9.17, 15) is 4.57 Å². The smallest absolute Gasteiger partial charge is 0.335 e. The molecule has 0 aliphatic heterocycles. The van der Waals surface area contributed by atoms with Gasteiger partial charge in [-0.2, -0.15) is 0 Å². The van der Waals surface area contributed by atoms with E-state index in [4.69, 9.17) is 9.05 Å². The van der Waals surface area contributed by atoms with E-state index < -0.39 is 7.60 Å². The van der Waals surface area contributed by atoms with Gasteiger partial charge in [0.05, 0.1) is 19.4 Å². The van der Waals surface area contributed by atoms with Crippen LogP contribution in [0.25, 0.3) is 0 Å². The Hall–Kier alpha value is -1.61. The number of nitrogens with zero attached hydrogens (tertiary/aromatic N) is 1. The highest BCUT2D eigenvalue weighted by Crippen LogP contribution is 2.51. The van der Waals surface area contributed by atoms with Gasteiger partial charge in [-0.15, -0.1) is 0 Å². The van der Waals surface area contributed by atoms with Crippen molar-refractivity contribution in [2.75, 3.05) is 25.2 Å². The van der Waals surface area contributed by atoms with Crippen LogP contribution in [0.3, 0.4) is 0 Å². The van der Waals surface area contributed by atoms with E-state index >= 15 is 0 Å². The molecule has 0 saturated carbocycles. The van der Waals surface area contributed by atoms with Gasteiger partial charge in [0.1, 0.15) is 0 Å². The largest absolute Gasteiger partial charge is 0.345 e. The summed E-state index contributed by atoms with van der Waals surface area (Å²) in [6.07, 6.45) is 0.296. The highest BCUT2D eigenvalue weighted by Gasteiger charge is 2.23. The average molecular weight is 333 g/mol. The van der Waals surface area contributed by atoms with Gasteiger partial charge in [-0.3, -0.25) is 4.57 Å². The van der Waals surface area contributed by atoms with Crippen molar-refractivity contribution in [3.05, 3.63) is 60.2 Å². The van der Waals surface area contributed by atoms with Crippen molar-refractivity contribution in [2.45, 2.75) is 20.0 Å². The van der Waals surface area contributed by atoms with Crippen molar-refractivity contribution in [1.82, 2.24) is 0 Å². The minimum atomic E-state index is -3.05. The van der Waals surface area contributed by atoms with E-state index in [-0.39, 0.29) is 0 Å². The number of para-hydroxylation sites is 1. The molecular weight excluding hydrogens is 309 g/mol. The molecule has 0 saturated heterocycles. The summed E-state index contributed by atoms with van der Waals surface area (Å²) >= 11 is 0. The van der Waals surface area contributed by atoms with Crippen LogP contribution in [0.15, 0.2) is 54.6 Å². The fraction of sp³-hybridized carbons (Fsp3) is 0.333. The molecule has 124 valence electrons. The Morgan fingerprint density at radius 2 is 1.39 bits per heavy atom. The van der Waals surface area contributed by atoms with Crippen molar-refractivity contribution in [1.29, 1.82) is 0 Å². The molecule has 0 radical (unpaired) electrons. The van der Waals surface area contributed by atoms with Gasteiger partial charge >= 0.3 is 7.60 Å². The van der Waals surface area contributed by atoms with Crippen LogP contribution in [-0.2, 0) is 19.8 Å². The number of hydrogen-bond donors (Lipinski definition) is 0. The molecule has 0 fully saturated rings. The maximum absolute atomic E-state index is 12.6. The first-order valence-corrected chi connectivity index (χ1v) is 9.56. The third-order valence-electron chi connectivity index (χ3n) is 3.49. The van der Waals surface area contributed by atoms with Crippen LogP contribution >= 0.6 is 7.60 Å². The van der Waals surface area contributed by atoms with E-state index in [0.29, 0.717) is 19.4 Å².